The second-order valence-electron chi connectivity index (χ2n) is 5.52. The lowest BCUT2D eigenvalue weighted by molar-refractivity contribution is -0.384. The summed E-state index contributed by atoms with van der Waals surface area (Å²) in [5, 5.41) is 14.7. The Morgan fingerprint density at radius 3 is 2.47 bits per heavy atom. The van der Waals surface area contributed by atoms with Crippen LogP contribution in [0.2, 0.25) is 0 Å². The number of nitro groups is 1. The largest absolute Gasteiger partial charge is 0.373 e. The molecule has 2 aromatic rings. The maximum Gasteiger partial charge on any atom is 0.270 e. The summed E-state index contributed by atoms with van der Waals surface area (Å²) in [7, 11) is 1.83. The summed E-state index contributed by atoms with van der Waals surface area (Å²) in [5.41, 5.74) is 1.81. The molecule has 5 heteroatoms. The Kier molecular flexibility index (Phi) is 3.14. The van der Waals surface area contributed by atoms with Crippen molar-refractivity contribution in [3.05, 3.63) is 39.9 Å². The molecule has 0 atom stereocenters. The Balaban J connectivity index is 2.72. The topological polar surface area (TPSA) is 68.1 Å². The lowest BCUT2D eigenvalue weighted by Gasteiger charge is -2.22. The first kappa shape index (κ1) is 13.3. The fourth-order valence-corrected chi connectivity index (χ4v) is 2.04. The van der Waals surface area contributed by atoms with Crippen molar-refractivity contribution in [1.82, 2.24) is 4.98 Å². The molecule has 0 bridgehead atoms. The highest BCUT2D eigenvalue weighted by Gasteiger charge is 2.20. The molecule has 0 aliphatic heterocycles. The maximum atomic E-state index is 10.8. The molecule has 0 spiro atoms. The molecule has 5 nitrogen and oxygen atoms in total. The number of nitrogens with zero attached hydrogens (tertiary/aromatic N) is 2. The van der Waals surface area contributed by atoms with Crippen molar-refractivity contribution >= 4 is 22.4 Å². The molecule has 1 heterocycles. The monoisotopic (exact) mass is 259 g/mol. The van der Waals surface area contributed by atoms with Gasteiger partial charge in [0.2, 0.25) is 0 Å². The first-order valence-electron chi connectivity index (χ1n) is 6.10. The molecule has 0 fully saturated rings. The van der Waals surface area contributed by atoms with Crippen molar-refractivity contribution in [3.8, 4) is 0 Å². The Labute approximate surface area is 111 Å². The number of pyridine rings is 1. The molecule has 100 valence electrons. The van der Waals surface area contributed by atoms with Crippen molar-refractivity contribution in [2.45, 2.75) is 26.2 Å². The van der Waals surface area contributed by atoms with Crippen LogP contribution in [0.1, 0.15) is 26.3 Å². The fourth-order valence-electron chi connectivity index (χ4n) is 2.04. The Morgan fingerprint density at radius 2 is 1.95 bits per heavy atom. The van der Waals surface area contributed by atoms with Crippen LogP contribution in [0.25, 0.3) is 10.9 Å². The summed E-state index contributed by atoms with van der Waals surface area (Å²) in [6.07, 6.45) is 0. The average molecular weight is 259 g/mol. The molecule has 0 aliphatic carbocycles. The zero-order valence-electron chi connectivity index (χ0n) is 11.5. The number of benzene rings is 1. The molecule has 0 unspecified atom stereocenters. The molecule has 0 amide bonds. The van der Waals surface area contributed by atoms with E-state index in [-0.39, 0.29) is 16.0 Å². The van der Waals surface area contributed by atoms with Gasteiger partial charge in [0.05, 0.1) is 10.4 Å². The molecule has 19 heavy (non-hydrogen) atoms. The molecular weight excluding hydrogens is 242 g/mol. The van der Waals surface area contributed by atoms with Gasteiger partial charge in [0, 0.05) is 30.1 Å². The summed E-state index contributed by atoms with van der Waals surface area (Å²) >= 11 is 0. The first-order chi connectivity index (χ1) is 8.82. The summed E-state index contributed by atoms with van der Waals surface area (Å²) in [6, 6.07) is 6.70. The third-order valence-electron chi connectivity index (χ3n) is 3.05. The number of fused-ring (bicyclic) bond motifs is 1. The zero-order chi connectivity index (χ0) is 14.2. The fraction of sp³-hybridized carbons (Fsp3) is 0.357. The Morgan fingerprint density at radius 1 is 1.26 bits per heavy atom. The van der Waals surface area contributed by atoms with Crippen molar-refractivity contribution in [2.75, 3.05) is 12.4 Å². The highest BCUT2D eigenvalue weighted by molar-refractivity contribution is 5.84. The minimum atomic E-state index is -0.387. The number of hydrogen-bond acceptors (Lipinski definition) is 4. The van der Waals surface area contributed by atoms with Crippen molar-refractivity contribution in [1.29, 1.82) is 0 Å². The molecule has 0 saturated carbocycles. The van der Waals surface area contributed by atoms with E-state index in [1.165, 1.54) is 6.07 Å². The average Bonchev–Trinajstić information content (AvgIpc) is 2.35. The van der Waals surface area contributed by atoms with Crippen LogP contribution in [0.3, 0.4) is 0 Å². The first-order valence-corrected chi connectivity index (χ1v) is 6.10. The van der Waals surface area contributed by atoms with Crippen LogP contribution in [-0.2, 0) is 5.41 Å². The van der Waals surface area contributed by atoms with Gasteiger partial charge >= 0.3 is 0 Å². The van der Waals surface area contributed by atoms with E-state index in [1.807, 2.05) is 13.1 Å². The Bertz CT molecular complexity index is 645. The van der Waals surface area contributed by atoms with Gasteiger partial charge < -0.3 is 5.32 Å². The molecule has 1 aromatic heterocycles. The zero-order valence-corrected chi connectivity index (χ0v) is 11.5. The lowest BCUT2D eigenvalue weighted by Crippen LogP contribution is -2.15. The van der Waals surface area contributed by atoms with Crippen molar-refractivity contribution in [2.24, 2.45) is 0 Å². The van der Waals surface area contributed by atoms with Gasteiger partial charge in [-0.05, 0) is 17.5 Å². The van der Waals surface area contributed by atoms with Crippen molar-refractivity contribution < 1.29 is 4.92 Å². The number of nitro benzene ring substituents is 1. The smallest absolute Gasteiger partial charge is 0.270 e. The summed E-state index contributed by atoms with van der Waals surface area (Å²) in [4.78, 5) is 15.0. The van der Waals surface area contributed by atoms with Crippen LogP contribution >= 0.6 is 0 Å². The normalized spacial score (nSPS) is 11.6. The number of anilines is 1. The SMILES string of the molecule is CNc1nc2ccc([N+](=O)[O-])cc2cc1C(C)(C)C. The number of aromatic nitrogens is 1. The molecular formula is C14H17N3O2. The van der Waals surface area contributed by atoms with E-state index >= 15 is 0 Å². The maximum absolute atomic E-state index is 10.8. The van der Waals surface area contributed by atoms with Crippen LogP contribution in [0.15, 0.2) is 24.3 Å². The highest BCUT2D eigenvalue weighted by atomic mass is 16.6. The van der Waals surface area contributed by atoms with E-state index in [0.29, 0.717) is 0 Å². The summed E-state index contributed by atoms with van der Waals surface area (Å²) in [6.45, 7) is 6.27. The van der Waals surface area contributed by atoms with Gasteiger partial charge in [0.15, 0.2) is 0 Å². The van der Waals surface area contributed by atoms with Crippen molar-refractivity contribution in [3.63, 3.8) is 0 Å². The van der Waals surface area contributed by atoms with Gasteiger partial charge in [0.1, 0.15) is 5.82 Å². The van der Waals surface area contributed by atoms with Gasteiger partial charge in [-0.25, -0.2) is 4.98 Å². The second kappa shape index (κ2) is 4.50. The molecule has 0 radical (unpaired) electrons. The van der Waals surface area contributed by atoms with Crippen LogP contribution < -0.4 is 5.32 Å². The van der Waals surface area contributed by atoms with E-state index in [9.17, 15) is 10.1 Å². The standard InChI is InChI=1S/C14H17N3O2/c1-14(2,3)11-8-9-7-10(17(18)19)5-6-12(9)16-13(11)15-4/h5-8H,1-4H3,(H,15,16). The molecule has 0 aliphatic rings. The van der Waals surface area contributed by atoms with Crippen LogP contribution in [0.4, 0.5) is 11.5 Å². The second-order valence-corrected chi connectivity index (χ2v) is 5.52. The number of rotatable bonds is 2. The lowest BCUT2D eigenvalue weighted by atomic mass is 9.86. The Hall–Kier alpha value is -2.17. The third-order valence-corrected chi connectivity index (χ3v) is 3.05. The van der Waals surface area contributed by atoms with Crippen LogP contribution in [-0.4, -0.2) is 17.0 Å². The quantitative estimate of drug-likeness (QED) is 0.662. The molecule has 0 saturated heterocycles. The van der Waals surface area contributed by atoms with Gasteiger partial charge in [-0.2, -0.15) is 0 Å². The van der Waals surface area contributed by atoms with Crippen LogP contribution in [0, 0.1) is 10.1 Å². The van der Waals surface area contributed by atoms with Gasteiger partial charge in [-0.3, -0.25) is 10.1 Å². The predicted molar refractivity (Wildman–Crippen MR) is 76.6 cm³/mol. The minimum absolute atomic E-state index is 0.0792. The minimum Gasteiger partial charge on any atom is -0.373 e. The van der Waals surface area contributed by atoms with E-state index in [4.69, 9.17) is 0 Å². The third kappa shape index (κ3) is 2.50. The van der Waals surface area contributed by atoms with E-state index in [0.717, 1.165) is 22.3 Å². The van der Waals surface area contributed by atoms with E-state index in [1.54, 1.807) is 12.1 Å². The summed E-state index contributed by atoms with van der Waals surface area (Å²) in [5.74, 6) is 0.814. The van der Waals surface area contributed by atoms with Crippen LogP contribution in [0.5, 0.6) is 0 Å². The van der Waals surface area contributed by atoms with Gasteiger partial charge in [-0.1, -0.05) is 20.8 Å². The number of hydrogen-bond donors (Lipinski definition) is 1. The molecule has 2 rings (SSSR count). The highest BCUT2D eigenvalue weighted by Crippen LogP contribution is 2.32. The number of nitrogens with one attached hydrogen (secondary N) is 1. The summed E-state index contributed by atoms with van der Waals surface area (Å²) < 4.78 is 0. The predicted octanol–water partition coefficient (Wildman–Crippen LogP) is 3.48. The molecule has 1 aromatic carbocycles. The van der Waals surface area contributed by atoms with Gasteiger partial charge in [-0.15, -0.1) is 0 Å². The van der Waals surface area contributed by atoms with E-state index in [2.05, 4.69) is 31.1 Å². The molecule has 1 N–H and O–H groups in total. The van der Waals surface area contributed by atoms with E-state index < -0.39 is 0 Å². The van der Waals surface area contributed by atoms with Gasteiger partial charge in [0.25, 0.3) is 5.69 Å². The number of non-ortho nitro benzene ring substituents is 1.